The number of aromatic amines is 2. The highest BCUT2D eigenvalue weighted by Gasteiger charge is 2.79. The SMILES string of the molecule is C[C@]1(CO)CC[C@@]2(C(=O)O)[C@@H](C1)C1=CC[C@@H]3[C@]4(C5CCCC5)[C@H](CC[C@@]3(C)[C@]1(C)[C@@H]1Cc3[nH]cnc3NC[C@@H]12)[C@](C)(CO)[C@H](O[C@@H]1OC[C@@H](O)[C@H](O)[C@H]1O)[C@H](O)[C@@H]4C[C@@H]1[C@@H]([C@@H](c2cnc[nH]2)[C@H](O)C[C@@H](N)O)NC(=O)C12CCCC2. The number of ether oxygens (including phenoxy) is 2. The molecule has 2 saturated heterocycles. The molecule has 0 aromatic carbocycles. The number of allylic oxidation sites excluding steroid dienone is 2. The number of amides is 1. The van der Waals surface area contributed by atoms with E-state index in [1.54, 1.807) is 12.5 Å². The average molecular weight is 1120 g/mol. The van der Waals surface area contributed by atoms with Gasteiger partial charge >= 0.3 is 5.97 Å². The van der Waals surface area contributed by atoms with Gasteiger partial charge < -0.3 is 81.8 Å². The normalized spacial score (nSPS) is 47.0. The van der Waals surface area contributed by atoms with Crippen LogP contribution in [0.4, 0.5) is 5.82 Å². The number of rotatable bonds is 13. The van der Waals surface area contributed by atoms with E-state index in [4.69, 9.17) is 20.2 Å². The molecule has 444 valence electrons. The fourth-order valence-electron chi connectivity index (χ4n) is 21.6. The second kappa shape index (κ2) is 20.3. The number of hydrogen-bond acceptors (Lipinski definition) is 16. The van der Waals surface area contributed by atoms with Crippen molar-refractivity contribution < 1.29 is 65.0 Å². The quantitative estimate of drug-likeness (QED) is 0.0776. The minimum atomic E-state index is -1.68. The van der Waals surface area contributed by atoms with Crippen LogP contribution in [0.3, 0.4) is 0 Å². The molecule has 6 saturated carbocycles. The largest absolute Gasteiger partial charge is 0.481 e. The van der Waals surface area contributed by atoms with Crippen molar-refractivity contribution in [2.75, 3.05) is 31.7 Å². The molecule has 15 N–H and O–H groups in total. The first-order valence-corrected chi connectivity index (χ1v) is 30.4. The van der Waals surface area contributed by atoms with Crippen LogP contribution in [0.15, 0.2) is 30.5 Å². The molecule has 5 heterocycles. The van der Waals surface area contributed by atoms with E-state index in [9.17, 15) is 50.8 Å². The molecule has 0 radical (unpaired) electrons. The highest BCUT2D eigenvalue weighted by Crippen LogP contribution is 2.81. The monoisotopic (exact) mass is 1120 g/mol. The third-order valence-corrected chi connectivity index (χ3v) is 25.4. The van der Waals surface area contributed by atoms with E-state index in [2.05, 4.69) is 52.4 Å². The molecule has 12 rings (SSSR count). The van der Waals surface area contributed by atoms with Gasteiger partial charge in [-0.2, -0.15) is 0 Å². The molecule has 2 aromatic rings. The number of nitrogens with one attached hydrogen (secondary N) is 4. The van der Waals surface area contributed by atoms with E-state index in [-0.39, 0.29) is 61.0 Å². The Kier molecular flexibility index (Phi) is 14.5. The third-order valence-electron chi connectivity index (χ3n) is 25.4. The number of nitrogens with zero attached hydrogens (tertiary/aromatic N) is 2. The van der Waals surface area contributed by atoms with Crippen LogP contribution < -0.4 is 16.4 Å². The van der Waals surface area contributed by atoms with E-state index in [1.807, 2.05) is 6.92 Å². The van der Waals surface area contributed by atoms with Crippen molar-refractivity contribution in [3.63, 3.8) is 0 Å². The molecule has 1 amide bonds. The Morgan fingerprint density at radius 1 is 0.887 bits per heavy atom. The van der Waals surface area contributed by atoms with E-state index in [0.29, 0.717) is 76.4 Å². The van der Waals surface area contributed by atoms with Gasteiger partial charge in [0, 0.05) is 48.8 Å². The van der Waals surface area contributed by atoms with E-state index in [1.165, 1.54) is 6.33 Å². The van der Waals surface area contributed by atoms with Crippen LogP contribution >= 0.6 is 0 Å². The van der Waals surface area contributed by atoms with Crippen molar-refractivity contribution in [2.45, 2.75) is 198 Å². The van der Waals surface area contributed by atoms with E-state index < -0.39 is 123 Å². The molecule has 20 heteroatoms. The summed E-state index contributed by atoms with van der Waals surface area (Å²) in [5, 5.41) is 113. The van der Waals surface area contributed by atoms with Crippen molar-refractivity contribution in [3.05, 3.63) is 41.9 Å². The van der Waals surface area contributed by atoms with Gasteiger partial charge in [-0.3, -0.25) is 9.59 Å². The van der Waals surface area contributed by atoms with Crippen LogP contribution in [0, 0.1) is 85.2 Å². The number of carboxylic acid groups (broad SMARTS) is 1. The van der Waals surface area contributed by atoms with Gasteiger partial charge in [0.05, 0.1) is 60.7 Å². The topological polar surface area (TPSA) is 342 Å². The zero-order valence-electron chi connectivity index (χ0n) is 47.2. The summed E-state index contributed by atoms with van der Waals surface area (Å²) in [5.41, 5.74) is 2.93. The minimum Gasteiger partial charge on any atom is -0.481 e. The number of hydrogen-bond donors (Lipinski definition) is 14. The number of carboxylic acids is 1. The number of aliphatic carboxylic acids is 1. The third kappa shape index (κ3) is 7.90. The molecule has 7 aliphatic carbocycles. The van der Waals surface area contributed by atoms with E-state index in [0.717, 1.165) is 55.6 Å². The van der Waals surface area contributed by atoms with Crippen LogP contribution in [0.1, 0.15) is 148 Å². The van der Waals surface area contributed by atoms with Crippen LogP contribution in [-0.2, 0) is 25.5 Å². The molecule has 10 aliphatic rings. The Labute approximate surface area is 468 Å². The standard InChI is InChI=1S/C60H91N7O13/c1-54(26-68)17-18-59(53(77)78)35(22-54)31-11-12-42-56(3,57(31,4)32-20-37-50(66-29-65-37)63-23-36(32)59)16-13-41-55(2,27-69)49(80-51-48(75)47(74)40(71)25-79-51)46(73)34(60(41,42)30-9-5-6-10-30)19-33-45(67-52(76)58(33)14-7-8-15-58)44(38-24-62-28-64-38)39(70)21-43(61)72/h11,24,28-30,32-36,39-49,51,63,68-75H,5-10,12-23,25-27,61H2,1-4H3,(H,62,64)(H,65,66)(H,67,76)(H,77,78)/t32-,33-,34+,35+,36+,39-,40-,41-,42+,43+,44+,45+,46-,47+,48-,49-,51+,54+,55+,56-,57+,59-,60+/m1/s1. The summed E-state index contributed by atoms with van der Waals surface area (Å²) >= 11 is 0. The number of aliphatic hydroxyl groups excluding tert-OH is 8. The number of fused-ring (bicyclic) bond motifs is 11. The van der Waals surface area contributed by atoms with Gasteiger partial charge in [0.2, 0.25) is 5.91 Å². The fraction of sp³-hybridized carbons (Fsp3) is 0.833. The summed E-state index contributed by atoms with van der Waals surface area (Å²) in [4.78, 5) is 45.6. The first-order chi connectivity index (χ1) is 38.1. The molecule has 8 fully saturated rings. The highest BCUT2D eigenvalue weighted by molar-refractivity contribution is 5.86. The molecule has 23 atom stereocenters. The zero-order chi connectivity index (χ0) is 56.7. The van der Waals surface area contributed by atoms with Crippen LogP contribution in [0.2, 0.25) is 0 Å². The van der Waals surface area contributed by atoms with E-state index >= 15 is 4.79 Å². The maximum Gasteiger partial charge on any atom is 0.310 e. The molecule has 2 aromatic heterocycles. The Hall–Kier alpha value is -3.54. The van der Waals surface area contributed by atoms with Crippen LogP contribution in [-0.4, -0.2) is 159 Å². The van der Waals surface area contributed by atoms with Crippen molar-refractivity contribution in [2.24, 2.45) is 91.0 Å². The number of nitrogens with two attached hydrogens (primary N) is 1. The first kappa shape index (κ1) is 56.9. The van der Waals surface area contributed by atoms with Gasteiger partial charge in [0.25, 0.3) is 0 Å². The predicted octanol–water partition coefficient (Wildman–Crippen LogP) is 3.45. The second-order valence-electron chi connectivity index (χ2n) is 28.4. The maximum absolute atomic E-state index is 15.2. The van der Waals surface area contributed by atoms with Gasteiger partial charge in [-0.25, -0.2) is 9.97 Å². The predicted molar refractivity (Wildman–Crippen MR) is 290 cm³/mol. The number of carbonyl (C=O) groups excluding carboxylic acids is 1. The lowest BCUT2D eigenvalue weighted by atomic mass is 9.27. The summed E-state index contributed by atoms with van der Waals surface area (Å²) < 4.78 is 13.0. The van der Waals surface area contributed by atoms with Crippen molar-refractivity contribution in [1.82, 2.24) is 25.3 Å². The number of H-pyrrole nitrogens is 2. The summed E-state index contributed by atoms with van der Waals surface area (Å²) in [6.07, 6.45) is 6.44. The molecular weight excluding hydrogens is 1030 g/mol. The minimum absolute atomic E-state index is 0.0138. The number of aromatic nitrogens is 4. The maximum atomic E-state index is 15.2. The fourth-order valence-corrected chi connectivity index (χ4v) is 21.6. The summed E-state index contributed by atoms with van der Waals surface area (Å²) in [5.74, 6) is -3.56. The van der Waals surface area contributed by atoms with Crippen molar-refractivity contribution in [3.8, 4) is 0 Å². The lowest BCUT2D eigenvalue weighted by Crippen LogP contribution is -2.76. The van der Waals surface area contributed by atoms with Crippen LogP contribution in [0.25, 0.3) is 0 Å². The number of anilines is 1. The van der Waals surface area contributed by atoms with Gasteiger partial charge in [0.15, 0.2) is 6.29 Å². The summed E-state index contributed by atoms with van der Waals surface area (Å²) in [6, 6.07) is -0.713. The van der Waals surface area contributed by atoms with Gasteiger partial charge in [-0.05, 0) is 146 Å². The molecular formula is C60H91N7O13. The van der Waals surface area contributed by atoms with Crippen molar-refractivity contribution >= 4 is 17.7 Å². The summed E-state index contributed by atoms with van der Waals surface area (Å²) in [7, 11) is 0. The van der Waals surface area contributed by atoms with Gasteiger partial charge in [-0.15, -0.1) is 0 Å². The second-order valence-corrected chi connectivity index (χ2v) is 28.4. The molecule has 3 aliphatic heterocycles. The number of carbonyl (C=O) groups is 2. The Morgan fingerprint density at radius 2 is 1.64 bits per heavy atom. The summed E-state index contributed by atoms with van der Waals surface area (Å²) in [6.45, 7) is 8.58. The smallest absolute Gasteiger partial charge is 0.310 e. The average Bonchev–Trinajstić information content (AvgIpc) is 4.44. The van der Waals surface area contributed by atoms with Crippen LogP contribution in [0.5, 0.6) is 0 Å². The molecule has 80 heavy (non-hydrogen) atoms. The Morgan fingerprint density at radius 3 is 2.31 bits per heavy atom. The Bertz CT molecular complexity index is 2640. The van der Waals surface area contributed by atoms with Gasteiger partial charge in [0.1, 0.15) is 30.4 Å². The number of aliphatic hydroxyl groups is 8. The highest BCUT2D eigenvalue weighted by atomic mass is 16.7. The van der Waals surface area contributed by atoms with Gasteiger partial charge in [-0.1, -0.05) is 65.0 Å². The molecule has 1 spiro atoms. The Balaban J connectivity index is 1.09. The molecule has 0 bridgehead atoms. The molecule has 20 nitrogen and oxygen atoms in total. The lowest BCUT2D eigenvalue weighted by Gasteiger charge is -2.77. The zero-order valence-corrected chi connectivity index (χ0v) is 47.2. The van der Waals surface area contributed by atoms with Crippen molar-refractivity contribution in [1.29, 1.82) is 0 Å². The lowest BCUT2D eigenvalue weighted by molar-refractivity contribution is -0.350. The molecule has 0 unspecified atom stereocenters. The number of imidazole rings is 2. The first-order valence-electron chi connectivity index (χ1n) is 30.4.